The standard InChI is InChI=1S/C10H12ClN5/c1-7-3-8(4-13-10(7)11)12-5-9-6-16(2)15-14-9/h3-4,6,12H,5H2,1-2H3. The molecular formula is C10H12ClN5. The molecule has 2 aromatic heterocycles. The average molecular weight is 238 g/mol. The molecule has 2 rings (SSSR count). The Morgan fingerprint density at radius 2 is 2.31 bits per heavy atom. The number of hydrogen-bond acceptors (Lipinski definition) is 4. The van der Waals surface area contributed by atoms with Crippen molar-refractivity contribution >= 4 is 17.3 Å². The van der Waals surface area contributed by atoms with Crippen LogP contribution in [0.25, 0.3) is 0 Å². The van der Waals surface area contributed by atoms with Crippen LogP contribution < -0.4 is 5.32 Å². The summed E-state index contributed by atoms with van der Waals surface area (Å²) >= 11 is 5.84. The van der Waals surface area contributed by atoms with Gasteiger partial charge in [0.1, 0.15) is 10.8 Å². The van der Waals surface area contributed by atoms with Crippen LogP contribution in [-0.2, 0) is 13.6 Å². The van der Waals surface area contributed by atoms with Crippen molar-refractivity contribution in [1.82, 2.24) is 20.0 Å². The molecule has 6 heteroatoms. The highest BCUT2D eigenvalue weighted by Crippen LogP contribution is 2.16. The summed E-state index contributed by atoms with van der Waals surface area (Å²) in [6.45, 7) is 2.54. The number of anilines is 1. The second kappa shape index (κ2) is 4.49. The Morgan fingerprint density at radius 3 is 2.94 bits per heavy atom. The van der Waals surface area contributed by atoms with Crippen molar-refractivity contribution in [3.05, 3.63) is 34.9 Å². The fourth-order valence-corrected chi connectivity index (χ4v) is 1.43. The van der Waals surface area contributed by atoms with E-state index in [9.17, 15) is 0 Å². The number of halogens is 1. The minimum absolute atomic E-state index is 0.532. The summed E-state index contributed by atoms with van der Waals surface area (Å²) in [5.74, 6) is 0. The average Bonchev–Trinajstić information content (AvgIpc) is 2.66. The molecule has 2 heterocycles. The highest BCUT2D eigenvalue weighted by molar-refractivity contribution is 6.30. The maximum atomic E-state index is 5.84. The van der Waals surface area contributed by atoms with E-state index in [1.807, 2.05) is 26.2 Å². The van der Waals surface area contributed by atoms with E-state index in [0.717, 1.165) is 16.9 Å². The van der Waals surface area contributed by atoms with Gasteiger partial charge >= 0.3 is 0 Å². The fraction of sp³-hybridized carbons (Fsp3) is 0.300. The minimum Gasteiger partial charge on any atom is -0.378 e. The van der Waals surface area contributed by atoms with Crippen LogP contribution in [0.15, 0.2) is 18.5 Å². The van der Waals surface area contributed by atoms with Gasteiger partial charge in [0.15, 0.2) is 0 Å². The smallest absolute Gasteiger partial charge is 0.132 e. The van der Waals surface area contributed by atoms with Gasteiger partial charge in [0.2, 0.25) is 0 Å². The summed E-state index contributed by atoms with van der Waals surface area (Å²) in [6, 6.07) is 1.95. The molecule has 16 heavy (non-hydrogen) atoms. The normalized spacial score (nSPS) is 10.4. The predicted molar refractivity (Wildman–Crippen MR) is 62.3 cm³/mol. The second-order valence-corrected chi connectivity index (χ2v) is 3.93. The van der Waals surface area contributed by atoms with Gasteiger partial charge in [-0.2, -0.15) is 0 Å². The molecule has 0 bridgehead atoms. The van der Waals surface area contributed by atoms with Crippen LogP contribution in [0.3, 0.4) is 0 Å². The van der Waals surface area contributed by atoms with E-state index in [4.69, 9.17) is 11.6 Å². The van der Waals surface area contributed by atoms with Gasteiger partial charge in [-0.25, -0.2) is 4.98 Å². The number of hydrogen-bond donors (Lipinski definition) is 1. The van der Waals surface area contributed by atoms with Gasteiger partial charge in [0.05, 0.1) is 18.4 Å². The van der Waals surface area contributed by atoms with Crippen molar-refractivity contribution in [2.24, 2.45) is 7.05 Å². The van der Waals surface area contributed by atoms with Gasteiger partial charge in [0.25, 0.3) is 0 Å². The highest BCUT2D eigenvalue weighted by Gasteiger charge is 2.01. The van der Waals surface area contributed by atoms with E-state index in [2.05, 4.69) is 20.6 Å². The molecule has 84 valence electrons. The maximum absolute atomic E-state index is 5.84. The number of nitrogens with one attached hydrogen (secondary N) is 1. The molecule has 0 radical (unpaired) electrons. The van der Waals surface area contributed by atoms with Gasteiger partial charge in [-0.1, -0.05) is 16.8 Å². The monoisotopic (exact) mass is 237 g/mol. The van der Waals surface area contributed by atoms with Crippen LogP contribution in [0.5, 0.6) is 0 Å². The van der Waals surface area contributed by atoms with Crippen molar-refractivity contribution in [3.8, 4) is 0 Å². The maximum Gasteiger partial charge on any atom is 0.132 e. The van der Waals surface area contributed by atoms with Gasteiger partial charge in [-0.05, 0) is 18.6 Å². The molecule has 0 spiro atoms. The molecule has 0 aliphatic carbocycles. The van der Waals surface area contributed by atoms with Crippen molar-refractivity contribution in [3.63, 3.8) is 0 Å². The molecular weight excluding hydrogens is 226 g/mol. The fourth-order valence-electron chi connectivity index (χ4n) is 1.32. The number of pyridine rings is 1. The molecule has 0 amide bonds. The Balaban J connectivity index is 2.02. The summed E-state index contributed by atoms with van der Waals surface area (Å²) in [5, 5.41) is 11.6. The Hall–Kier alpha value is -1.62. The molecule has 0 aliphatic heterocycles. The van der Waals surface area contributed by atoms with Crippen LogP contribution in [0.4, 0.5) is 5.69 Å². The first kappa shape index (κ1) is 10.9. The van der Waals surface area contributed by atoms with Crippen LogP contribution in [0.1, 0.15) is 11.3 Å². The zero-order valence-corrected chi connectivity index (χ0v) is 9.86. The van der Waals surface area contributed by atoms with Crippen LogP contribution in [0, 0.1) is 6.92 Å². The third-order valence-corrected chi connectivity index (χ3v) is 2.53. The zero-order valence-electron chi connectivity index (χ0n) is 9.11. The van der Waals surface area contributed by atoms with Gasteiger partial charge in [0, 0.05) is 13.2 Å². The zero-order chi connectivity index (χ0) is 11.5. The summed E-state index contributed by atoms with van der Waals surface area (Å²) in [6.07, 6.45) is 3.56. The first-order chi connectivity index (χ1) is 7.65. The van der Waals surface area contributed by atoms with Crippen molar-refractivity contribution in [1.29, 1.82) is 0 Å². The van der Waals surface area contributed by atoms with E-state index in [1.165, 1.54) is 0 Å². The topological polar surface area (TPSA) is 55.6 Å². The van der Waals surface area contributed by atoms with Gasteiger partial charge in [-0.15, -0.1) is 5.10 Å². The molecule has 0 unspecified atom stereocenters. The lowest BCUT2D eigenvalue weighted by Crippen LogP contribution is -2.00. The van der Waals surface area contributed by atoms with Crippen molar-refractivity contribution < 1.29 is 0 Å². The minimum atomic E-state index is 0.532. The lowest BCUT2D eigenvalue weighted by Gasteiger charge is -2.05. The molecule has 0 atom stereocenters. The summed E-state index contributed by atoms with van der Waals surface area (Å²) in [7, 11) is 1.84. The first-order valence-electron chi connectivity index (χ1n) is 4.86. The van der Waals surface area contributed by atoms with Crippen molar-refractivity contribution in [2.75, 3.05) is 5.32 Å². The summed E-state index contributed by atoms with van der Waals surface area (Å²) in [5.41, 5.74) is 2.76. The molecule has 0 fully saturated rings. The first-order valence-corrected chi connectivity index (χ1v) is 5.24. The molecule has 0 saturated carbocycles. The van der Waals surface area contributed by atoms with E-state index in [1.54, 1.807) is 10.9 Å². The summed E-state index contributed by atoms with van der Waals surface area (Å²) < 4.78 is 1.67. The lowest BCUT2D eigenvalue weighted by molar-refractivity contribution is 0.713. The Labute approximate surface area is 98.5 Å². The molecule has 5 nitrogen and oxygen atoms in total. The van der Waals surface area contributed by atoms with Crippen molar-refractivity contribution in [2.45, 2.75) is 13.5 Å². The Morgan fingerprint density at radius 1 is 1.50 bits per heavy atom. The van der Waals surface area contributed by atoms with Crippen LogP contribution >= 0.6 is 11.6 Å². The second-order valence-electron chi connectivity index (χ2n) is 3.57. The Kier molecular flexibility index (Phi) is 3.05. The molecule has 0 saturated heterocycles. The predicted octanol–water partition coefficient (Wildman–Crippen LogP) is 1.78. The summed E-state index contributed by atoms with van der Waals surface area (Å²) in [4.78, 5) is 4.06. The quantitative estimate of drug-likeness (QED) is 0.827. The van der Waals surface area contributed by atoms with E-state index in [-0.39, 0.29) is 0 Å². The number of nitrogens with zero attached hydrogens (tertiary/aromatic N) is 4. The number of rotatable bonds is 3. The Bertz CT molecular complexity index is 494. The van der Waals surface area contributed by atoms with Gasteiger partial charge in [-0.3, -0.25) is 4.68 Å². The van der Waals surface area contributed by atoms with Crippen LogP contribution in [0.2, 0.25) is 5.15 Å². The highest BCUT2D eigenvalue weighted by atomic mass is 35.5. The molecule has 0 aromatic carbocycles. The third kappa shape index (κ3) is 2.49. The molecule has 1 N–H and O–H groups in total. The lowest BCUT2D eigenvalue weighted by atomic mass is 10.3. The molecule has 0 aliphatic rings. The van der Waals surface area contributed by atoms with Crippen LogP contribution in [-0.4, -0.2) is 20.0 Å². The molecule has 2 aromatic rings. The third-order valence-electron chi connectivity index (χ3n) is 2.14. The largest absolute Gasteiger partial charge is 0.378 e. The number of aromatic nitrogens is 4. The van der Waals surface area contributed by atoms with E-state index < -0.39 is 0 Å². The van der Waals surface area contributed by atoms with Gasteiger partial charge < -0.3 is 5.32 Å². The van der Waals surface area contributed by atoms with E-state index in [0.29, 0.717) is 11.7 Å². The number of aryl methyl sites for hydroxylation is 2. The SMILES string of the molecule is Cc1cc(NCc2cn(C)nn2)cnc1Cl. The van der Waals surface area contributed by atoms with E-state index >= 15 is 0 Å².